The van der Waals surface area contributed by atoms with Crippen LogP contribution in [-0.2, 0) is 15.6 Å². The minimum atomic E-state index is -2.72. The van der Waals surface area contributed by atoms with Gasteiger partial charge < -0.3 is 10.2 Å². The first kappa shape index (κ1) is 30.2. The van der Waals surface area contributed by atoms with E-state index in [9.17, 15) is 17.8 Å². The second-order valence-electron chi connectivity index (χ2n) is 9.70. The van der Waals surface area contributed by atoms with Crippen LogP contribution in [0.25, 0.3) is 16.6 Å². The number of aromatic nitrogens is 2. The summed E-state index contributed by atoms with van der Waals surface area (Å²) in [4.78, 5) is 13.6. The number of alkyl halides is 2. The van der Waals surface area contributed by atoms with Crippen molar-refractivity contribution in [2.75, 3.05) is 36.0 Å². The highest BCUT2D eigenvalue weighted by Crippen LogP contribution is 2.36. The Morgan fingerprint density at radius 1 is 1.18 bits per heavy atom. The Morgan fingerprint density at radius 2 is 1.87 bits per heavy atom. The van der Waals surface area contributed by atoms with E-state index in [-0.39, 0.29) is 19.4 Å². The van der Waals surface area contributed by atoms with Gasteiger partial charge in [-0.05, 0) is 42.7 Å². The van der Waals surface area contributed by atoms with E-state index < -0.39 is 28.5 Å². The minimum Gasteiger partial charge on any atom is -0.370 e. The van der Waals surface area contributed by atoms with Crippen LogP contribution >= 0.6 is 0 Å². The highest BCUT2D eigenvalue weighted by Gasteiger charge is 2.38. The number of amides is 1. The molecular weight excluding hydrogens is 520 g/mol. The highest BCUT2D eigenvalue weighted by molar-refractivity contribution is 7.85. The highest BCUT2D eigenvalue weighted by atomic mass is 32.2. The number of rotatable bonds is 4. The fourth-order valence-electron chi connectivity index (χ4n) is 4.57. The third kappa shape index (κ3) is 8.85. The van der Waals surface area contributed by atoms with Crippen molar-refractivity contribution < 1.29 is 17.8 Å². The number of pyridine rings is 1. The van der Waals surface area contributed by atoms with Gasteiger partial charge in [-0.2, -0.15) is 10.4 Å². The largest absolute Gasteiger partial charge is 0.370 e. The van der Waals surface area contributed by atoms with E-state index in [1.54, 1.807) is 6.07 Å². The van der Waals surface area contributed by atoms with Crippen LogP contribution in [0.4, 0.5) is 14.5 Å². The lowest BCUT2D eigenvalue weighted by molar-refractivity contribution is -0.131. The second kappa shape index (κ2) is 14.7. The van der Waals surface area contributed by atoms with Crippen LogP contribution in [-0.4, -0.2) is 56.8 Å². The molecule has 39 heavy (non-hydrogen) atoms. The molecule has 2 aliphatic rings. The number of carbonyl (C=O) groups excluding carboxylic acids is 1. The van der Waals surface area contributed by atoms with E-state index in [1.807, 2.05) is 29.0 Å². The standard InChI is InChI=1S/C17H17N3OS.C9H12F2N2O.C3H8/c21-22-11-9-19(10-12-22)15-6-4-14(5-7-15)16-13-18-20-8-2-1-3-17(16)20;10-9(11)3-1-2-7(6-9)8(14)13-5-4-12;1-3-2/h1-8,13H,9-12H2;7H,1-3,5-6H2,(H,13,14);3H2,1-2H3. The molecule has 1 saturated carbocycles. The normalized spacial score (nSPS) is 18.6. The van der Waals surface area contributed by atoms with E-state index in [0.717, 1.165) is 35.7 Å². The lowest BCUT2D eigenvalue weighted by atomic mass is 9.86. The predicted octanol–water partition coefficient (Wildman–Crippen LogP) is 5.44. The molecule has 1 atom stereocenters. The van der Waals surface area contributed by atoms with Crippen molar-refractivity contribution in [3.05, 3.63) is 54.9 Å². The predicted molar refractivity (Wildman–Crippen MR) is 152 cm³/mol. The first-order valence-electron chi connectivity index (χ1n) is 13.4. The first-order valence-corrected chi connectivity index (χ1v) is 14.9. The quantitative estimate of drug-likeness (QED) is 0.432. The summed E-state index contributed by atoms with van der Waals surface area (Å²) >= 11 is 0. The van der Waals surface area contributed by atoms with Gasteiger partial charge in [0.15, 0.2) is 0 Å². The fraction of sp³-hybridized carbons (Fsp3) is 0.483. The number of halogens is 2. The van der Waals surface area contributed by atoms with Gasteiger partial charge in [0.05, 0.1) is 17.8 Å². The topological polar surface area (TPSA) is 90.5 Å². The van der Waals surface area contributed by atoms with Gasteiger partial charge in [0.1, 0.15) is 6.54 Å². The summed E-state index contributed by atoms with van der Waals surface area (Å²) in [7, 11) is -0.632. The van der Waals surface area contributed by atoms with E-state index in [0.29, 0.717) is 12.8 Å². The maximum Gasteiger partial charge on any atom is 0.248 e. The third-order valence-electron chi connectivity index (χ3n) is 6.50. The lowest BCUT2D eigenvalue weighted by Crippen LogP contribution is -2.37. The second-order valence-corrected chi connectivity index (χ2v) is 11.4. The summed E-state index contributed by atoms with van der Waals surface area (Å²) in [5, 5.41) is 14.9. The number of nitriles is 1. The van der Waals surface area contributed by atoms with Crippen molar-refractivity contribution in [2.24, 2.45) is 5.92 Å². The molecule has 3 aromatic rings. The summed E-state index contributed by atoms with van der Waals surface area (Å²) in [5.41, 5.74) is 4.64. The molecule has 3 heterocycles. The van der Waals surface area contributed by atoms with Gasteiger partial charge in [-0.3, -0.25) is 9.00 Å². The molecule has 1 N–H and O–H groups in total. The maximum atomic E-state index is 12.9. The Morgan fingerprint density at radius 3 is 2.51 bits per heavy atom. The average Bonchev–Trinajstić information content (AvgIpc) is 3.37. The molecule has 210 valence electrons. The fourth-order valence-corrected chi connectivity index (χ4v) is 5.62. The Labute approximate surface area is 231 Å². The molecule has 2 aromatic heterocycles. The molecule has 1 amide bonds. The van der Waals surface area contributed by atoms with Crippen LogP contribution in [0, 0.1) is 17.2 Å². The van der Waals surface area contributed by atoms with Gasteiger partial charge in [0.25, 0.3) is 0 Å². The van der Waals surface area contributed by atoms with E-state index in [4.69, 9.17) is 5.26 Å². The zero-order chi connectivity index (χ0) is 28.3. The van der Waals surface area contributed by atoms with Gasteiger partial charge in [-0.25, -0.2) is 13.3 Å². The molecule has 1 aliphatic heterocycles. The average molecular weight is 558 g/mol. The number of hydrogen-bond acceptors (Lipinski definition) is 5. The van der Waals surface area contributed by atoms with E-state index in [1.165, 1.54) is 17.7 Å². The summed E-state index contributed by atoms with van der Waals surface area (Å²) in [6.07, 6.45) is 5.47. The Hall–Kier alpha value is -3.32. The number of nitrogens with one attached hydrogen (secondary N) is 1. The molecule has 2 fully saturated rings. The van der Waals surface area contributed by atoms with Crippen LogP contribution < -0.4 is 10.2 Å². The number of hydrogen-bond donors (Lipinski definition) is 1. The summed E-state index contributed by atoms with van der Waals surface area (Å²) in [5.74, 6) is -2.23. The molecule has 0 radical (unpaired) electrons. The monoisotopic (exact) mass is 557 g/mol. The molecule has 10 heteroatoms. The smallest absolute Gasteiger partial charge is 0.248 e. The van der Waals surface area contributed by atoms with Crippen LogP contribution in [0.5, 0.6) is 0 Å². The van der Waals surface area contributed by atoms with Crippen molar-refractivity contribution in [3.8, 4) is 17.2 Å². The molecule has 0 spiro atoms. The van der Waals surface area contributed by atoms with Crippen LogP contribution in [0.3, 0.4) is 0 Å². The van der Waals surface area contributed by atoms with Crippen molar-refractivity contribution in [1.82, 2.24) is 14.9 Å². The van der Waals surface area contributed by atoms with Gasteiger partial charge >= 0.3 is 0 Å². The third-order valence-corrected chi connectivity index (χ3v) is 7.78. The number of benzene rings is 1. The van der Waals surface area contributed by atoms with Crippen molar-refractivity contribution in [1.29, 1.82) is 5.26 Å². The van der Waals surface area contributed by atoms with Crippen molar-refractivity contribution >= 4 is 27.9 Å². The zero-order valence-electron chi connectivity index (χ0n) is 22.6. The molecule has 1 aliphatic carbocycles. The lowest BCUT2D eigenvalue weighted by Gasteiger charge is -2.28. The van der Waals surface area contributed by atoms with Crippen LogP contribution in [0.15, 0.2) is 54.9 Å². The molecule has 1 unspecified atom stereocenters. The van der Waals surface area contributed by atoms with Gasteiger partial charge in [-0.1, -0.05) is 38.5 Å². The minimum absolute atomic E-state index is 0.110. The molecule has 5 rings (SSSR count). The van der Waals surface area contributed by atoms with E-state index in [2.05, 4.69) is 59.5 Å². The Balaban J connectivity index is 0.000000214. The number of carbonyl (C=O) groups is 1. The molecule has 7 nitrogen and oxygen atoms in total. The molecule has 1 saturated heterocycles. The molecule has 0 bridgehead atoms. The number of anilines is 1. The molecular formula is C29H37F2N5O2S. The number of fused-ring (bicyclic) bond motifs is 1. The summed E-state index contributed by atoms with van der Waals surface area (Å²) < 4.78 is 39.1. The summed E-state index contributed by atoms with van der Waals surface area (Å²) in [6, 6.07) is 16.4. The van der Waals surface area contributed by atoms with Crippen molar-refractivity contribution in [2.45, 2.75) is 51.9 Å². The van der Waals surface area contributed by atoms with Gasteiger partial charge in [0.2, 0.25) is 11.8 Å². The first-order chi connectivity index (χ1) is 18.8. The van der Waals surface area contributed by atoms with Gasteiger partial charge in [0, 0.05) is 71.6 Å². The molecule has 1 aromatic carbocycles. The van der Waals surface area contributed by atoms with Gasteiger partial charge in [-0.15, -0.1) is 0 Å². The van der Waals surface area contributed by atoms with Crippen LogP contribution in [0.1, 0.15) is 46.0 Å². The van der Waals surface area contributed by atoms with E-state index >= 15 is 0 Å². The zero-order valence-corrected chi connectivity index (χ0v) is 23.4. The number of nitrogens with zero attached hydrogens (tertiary/aromatic N) is 4. The summed E-state index contributed by atoms with van der Waals surface area (Å²) in [6.45, 7) is 5.90. The van der Waals surface area contributed by atoms with Crippen molar-refractivity contribution in [3.63, 3.8) is 0 Å². The maximum absolute atomic E-state index is 12.9. The Kier molecular flexibility index (Phi) is 11.4. The Bertz CT molecular complexity index is 1260. The van der Waals surface area contributed by atoms with Crippen LogP contribution in [0.2, 0.25) is 0 Å². The SMILES string of the molecule is CCC.N#CCNC(=O)C1CCCC(F)(F)C1.O=S1CCN(c2ccc(-c3cnn4ccccc34)cc2)CC1.